The molecule has 0 amide bonds. The standard InChI is InChI=1S/C10H11Cl2NO/c1-10(2,3)9(14)8-7(12)4-6(11)5-13-8/h4-5H,1-3H3. The van der Waals surface area contributed by atoms with Crippen molar-refractivity contribution in [3.05, 3.63) is 28.0 Å². The predicted octanol–water partition coefficient (Wildman–Crippen LogP) is 3.62. The molecule has 4 heteroatoms. The minimum atomic E-state index is -0.482. The summed E-state index contributed by atoms with van der Waals surface area (Å²) in [5.74, 6) is -0.0841. The van der Waals surface area contributed by atoms with Gasteiger partial charge in [-0.15, -0.1) is 0 Å². The van der Waals surface area contributed by atoms with Gasteiger partial charge >= 0.3 is 0 Å². The predicted molar refractivity (Wildman–Crippen MR) is 58.0 cm³/mol. The summed E-state index contributed by atoms with van der Waals surface area (Å²) >= 11 is 11.5. The summed E-state index contributed by atoms with van der Waals surface area (Å²) in [4.78, 5) is 15.7. The Balaban J connectivity index is 3.15. The highest BCUT2D eigenvalue weighted by Crippen LogP contribution is 2.25. The number of ketones is 1. The molecule has 0 fully saturated rings. The molecule has 1 aromatic heterocycles. The van der Waals surface area contributed by atoms with Crippen LogP contribution < -0.4 is 0 Å². The number of Topliss-reactive ketones (excluding diaryl/α,β-unsaturated/α-hetero) is 1. The second kappa shape index (κ2) is 3.87. The fourth-order valence-electron chi connectivity index (χ4n) is 0.937. The van der Waals surface area contributed by atoms with Crippen LogP contribution in [0.2, 0.25) is 10.0 Å². The van der Waals surface area contributed by atoms with Crippen LogP contribution in [0.4, 0.5) is 0 Å². The van der Waals surface area contributed by atoms with E-state index in [-0.39, 0.29) is 11.5 Å². The molecular formula is C10H11Cl2NO. The molecule has 0 aliphatic carbocycles. The van der Waals surface area contributed by atoms with Crippen molar-refractivity contribution < 1.29 is 4.79 Å². The second-order valence-electron chi connectivity index (χ2n) is 4.06. The molecule has 0 aliphatic rings. The molecular weight excluding hydrogens is 221 g/mol. The summed E-state index contributed by atoms with van der Waals surface area (Å²) in [6.07, 6.45) is 1.42. The highest BCUT2D eigenvalue weighted by atomic mass is 35.5. The Morgan fingerprint density at radius 2 is 1.93 bits per heavy atom. The Labute approximate surface area is 93.2 Å². The van der Waals surface area contributed by atoms with Gasteiger partial charge in [0.25, 0.3) is 0 Å². The Hall–Kier alpha value is -0.600. The maximum absolute atomic E-state index is 11.8. The molecule has 0 N–H and O–H groups in total. The van der Waals surface area contributed by atoms with Gasteiger partial charge in [-0.1, -0.05) is 44.0 Å². The van der Waals surface area contributed by atoms with Crippen LogP contribution in [-0.2, 0) is 0 Å². The van der Waals surface area contributed by atoms with Crippen molar-refractivity contribution in [3.63, 3.8) is 0 Å². The smallest absolute Gasteiger partial charge is 0.187 e. The molecule has 2 nitrogen and oxygen atoms in total. The number of pyridine rings is 1. The summed E-state index contributed by atoms with van der Waals surface area (Å²) in [6.45, 7) is 5.46. The normalized spacial score (nSPS) is 11.5. The lowest BCUT2D eigenvalue weighted by Crippen LogP contribution is -2.21. The topological polar surface area (TPSA) is 30.0 Å². The van der Waals surface area contributed by atoms with Crippen molar-refractivity contribution in [2.24, 2.45) is 5.41 Å². The van der Waals surface area contributed by atoms with Crippen LogP contribution >= 0.6 is 23.2 Å². The van der Waals surface area contributed by atoms with Crippen molar-refractivity contribution in [3.8, 4) is 0 Å². The van der Waals surface area contributed by atoms with E-state index >= 15 is 0 Å². The van der Waals surface area contributed by atoms with Crippen molar-refractivity contribution in [1.82, 2.24) is 4.98 Å². The molecule has 76 valence electrons. The molecule has 0 bridgehead atoms. The zero-order valence-electron chi connectivity index (χ0n) is 8.27. The number of aromatic nitrogens is 1. The number of hydrogen-bond acceptors (Lipinski definition) is 2. The summed E-state index contributed by atoms with van der Waals surface area (Å²) in [6, 6.07) is 1.52. The average molecular weight is 232 g/mol. The van der Waals surface area contributed by atoms with E-state index in [1.807, 2.05) is 20.8 Å². The number of rotatable bonds is 1. The Bertz CT molecular complexity index is 369. The molecule has 0 aliphatic heterocycles. The molecule has 0 atom stereocenters. The largest absolute Gasteiger partial charge is 0.292 e. The van der Waals surface area contributed by atoms with E-state index in [1.54, 1.807) is 0 Å². The molecule has 14 heavy (non-hydrogen) atoms. The molecule has 0 radical (unpaired) electrons. The molecule has 0 spiro atoms. The first-order valence-electron chi connectivity index (χ1n) is 4.18. The lowest BCUT2D eigenvalue weighted by atomic mass is 9.89. The van der Waals surface area contributed by atoms with Crippen LogP contribution in [0.5, 0.6) is 0 Å². The van der Waals surface area contributed by atoms with Gasteiger partial charge in [0.2, 0.25) is 0 Å². The van der Waals surface area contributed by atoms with Gasteiger partial charge in [-0.2, -0.15) is 0 Å². The fraction of sp³-hybridized carbons (Fsp3) is 0.400. The molecule has 1 aromatic rings. The molecule has 0 unspecified atom stereocenters. The van der Waals surface area contributed by atoms with Gasteiger partial charge in [0.15, 0.2) is 5.78 Å². The average Bonchev–Trinajstić information content (AvgIpc) is 2.01. The highest BCUT2D eigenvalue weighted by molar-refractivity contribution is 6.36. The summed E-state index contributed by atoms with van der Waals surface area (Å²) < 4.78 is 0. The van der Waals surface area contributed by atoms with Gasteiger partial charge in [0.05, 0.1) is 10.0 Å². The minimum Gasteiger partial charge on any atom is -0.292 e. The van der Waals surface area contributed by atoms with Crippen molar-refractivity contribution >= 4 is 29.0 Å². The third-order valence-corrected chi connectivity index (χ3v) is 2.20. The lowest BCUT2D eigenvalue weighted by molar-refractivity contribution is 0.0853. The van der Waals surface area contributed by atoms with Crippen molar-refractivity contribution in [2.45, 2.75) is 20.8 Å². The number of carbonyl (C=O) groups excluding carboxylic acids is 1. The first-order valence-corrected chi connectivity index (χ1v) is 4.94. The molecule has 1 rings (SSSR count). The zero-order valence-corrected chi connectivity index (χ0v) is 9.78. The minimum absolute atomic E-state index is 0.0841. The zero-order chi connectivity index (χ0) is 10.9. The number of halogens is 2. The first kappa shape index (κ1) is 11.5. The van der Waals surface area contributed by atoms with Crippen LogP contribution in [0.1, 0.15) is 31.3 Å². The third kappa shape index (κ3) is 2.46. The van der Waals surface area contributed by atoms with Crippen LogP contribution in [0.25, 0.3) is 0 Å². The first-order chi connectivity index (χ1) is 6.32. The summed E-state index contributed by atoms with van der Waals surface area (Å²) in [5.41, 5.74) is -0.201. The van der Waals surface area contributed by atoms with E-state index in [0.29, 0.717) is 10.0 Å². The Morgan fingerprint density at radius 1 is 1.36 bits per heavy atom. The van der Waals surface area contributed by atoms with E-state index in [1.165, 1.54) is 12.3 Å². The van der Waals surface area contributed by atoms with E-state index in [4.69, 9.17) is 23.2 Å². The van der Waals surface area contributed by atoms with Crippen molar-refractivity contribution in [2.75, 3.05) is 0 Å². The number of carbonyl (C=O) groups is 1. The maximum atomic E-state index is 11.8. The van der Waals surface area contributed by atoms with Crippen LogP contribution in [0.15, 0.2) is 12.3 Å². The summed E-state index contributed by atoms with van der Waals surface area (Å²) in [5, 5.41) is 0.734. The quantitative estimate of drug-likeness (QED) is 0.692. The van der Waals surface area contributed by atoms with Crippen LogP contribution in [0.3, 0.4) is 0 Å². The SMILES string of the molecule is CC(C)(C)C(=O)c1ncc(Cl)cc1Cl. The van der Waals surface area contributed by atoms with E-state index in [2.05, 4.69) is 4.98 Å². The molecule has 0 saturated carbocycles. The van der Waals surface area contributed by atoms with E-state index in [0.717, 1.165) is 0 Å². The Morgan fingerprint density at radius 3 is 2.36 bits per heavy atom. The number of hydrogen-bond donors (Lipinski definition) is 0. The lowest BCUT2D eigenvalue weighted by Gasteiger charge is -2.16. The van der Waals surface area contributed by atoms with Gasteiger partial charge in [-0.25, -0.2) is 4.98 Å². The van der Waals surface area contributed by atoms with Crippen molar-refractivity contribution in [1.29, 1.82) is 0 Å². The fourth-order valence-corrected chi connectivity index (χ4v) is 1.40. The van der Waals surface area contributed by atoms with Gasteiger partial charge < -0.3 is 0 Å². The molecule has 1 heterocycles. The molecule has 0 saturated heterocycles. The summed E-state index contributed by atoms with van der Waals surface area (Å²) in [7, 11) is 0. The molecule has 0 aromatic carbocycles. The van der Waals surface area contributed by atoms with Gasteiger partial charge in [0, 0.05) is 11.6 Å². The second-order valence-corrected chi connectivity index (χ2v) is 4.91. The monoisotopic (exact) mass is 231 g/mol. The van der Waals surface area contributed by atoms with Gasteiger partial charge in [-0.3, -0.25) is 4.79 Å². The highest BCUT2D eigenvalue weighted by Gasteiger charge is 2.26. The van der Waals surface area contributed by atoms with E-state index in [9.17, 15) is 4.79 Å². The third-order valence-electron chi connectivity index (χ3n) is 1.70. The van der Waals surface area contributed by atoms with Crippen LogP contribution in [-0.4, -0.2) is 10.8 Å². The van der Waals surface area contributed by atoms with E-state index < -0.39 is 5.41 Å². The van der Waals surface area contributed by atoms with Gasteiger partial charge in [0.1, 0.15) is 5.69 Å². The maximum Gasteiger partial charge on any atom is 0.187 e. The van der Waals surface area contributed by atoms with Crippen LogP contribution in [0, 0.1) is 5.41 Å². The van der Waals surface area contributed by atoms with Gasteiger partial charge in [-0.05, 0) is 6.07 Å². The Kier molecular flexibility index (Phi) is 3.17. The number of nitrogens with zero attached hydrogens (tertiary/aromatic N) is 1.